The average Bonchev–Trinajstić information content (AvgIpc) is 2.79. The molecule has 1 fully saturated rings. The van der Waals surface area contributed by atoms with E-state index in [1.165, 1.54) is 17.0 Å². The van der Waals surface area contributed by atoms with E-state index in [1.807, 2.05) is 0 Å². The number of aliphatic carboxylic acids is 1. The zero-order valence-corrected chi connectivity index (χ0v) is 10.7. The van der Waals surface area contributed by atoms with Crippen molar-refractivity contribution < 1.29 is 19.1 Å². The first-order chi connectivity index (χ1) is 8.97. The highest BCUT2D eigenvalue weighted by Crippen LogP contribution is 2.22. The summed E-state index contributed by atoms with van der Waals surface area (Å²) >= 11 is 0. The van der Waals surface area contributed by atoms with Gasteiger partial charge in [-0.05, 0) is 31.4 Å². The fraction of sp³-hybridized carbons (Fsp3) is 0.429. The quantitative estimate of drug-likeness (QED) is 0.910. The Morgan fingerprint density at radius 2 is 2.21 bits per heavy atom. The van der Waals surface area contributed by atoms with Crippen LogP contribution in [0.25, 0.3) is 0 Å². The summed E-state index contributed by atoms with van der Waals surface area (Å²) in [4.78, 5) is 24.4. The molecular formula is C14H16FNO3. The fourth-order valence-corrected chi connectivity index (χ4v) is 2.40. The van der Waals surface area contributed by atoms with Crippen molar-refractivity contribution >= 4 is 11.9 Å². The number of hydrogen-bond donors (Lipinski definition) is 1. The zero-order valence-electron chi connectivity index (χ0n) is 10.7. The van der Waals surface area contributed by atoms with Crippen LogP contribution in [0.5, 0.6) is 0 Å². The average molecular weight is 265 g/mol. The molecule has 19 heavy (non-hydrogen) atoms. The molecule has 0 radical (unpaired) electrons. The fourth-order valence-electron chi connectivity index (χ4n) is 2.40. The van der Waals surface area contributed by atoms with Crippen molar-refractivity contribution in [3.05, 3.63) is 35.1 Å². The van der Waals surface area contributed by atoms with Crippen molar-refractivity contribution in [1.82, 2.24) is 4.90 Å². The number of likely N-dealkylation sites (tertiary alicyclic amines) is 1. The minimum Gasteiger partial charge on any atom is -0.481 e. The molecule has 0 aliphatic carbocycles. The van der Waals surface area contributed by atoms with Crippen molar-refractivity contribution in [2.45, 2.75) is 19.8 Å². The second kappa shape index (κ2) is 5.38. The van der Waals surface area contributed by atoms with Gasteiger partial charge in [-0.25, -0.2) is 4.39 Å². The Kier molecular flexibility index (Phi) is 3.83. The summed E-state index contributed by atoms with van der Waals surface area (Å²) in [7, 11) is 0. The lowest BCUT2D eigenvalue weighted by atomic mass is 10.1. The number of carboxylic acids is 1. The van der Waals surface area contributed by atoms with Crippen molar-refractivity contribution in [3.8, 4) is 0 Å². The number of halogens is 1. The smallest absolute Gasteiger partial charge is 0.303 e. The number of amides is 1. The summed E-state index contributed by atoms with van der Waals surface area (Å²) < 4.78 is 13.6. The molecule has 1 aliphatic rings. The number of carboxylic acid groups (broad SMARTS) is 1. The minimum atomic E-state index is -0.860. The van der Waals surface area contributed by atoms with Gasteiger partial charge in [-0.3, -0.25) is 9.59 Å². The lowest BCUT2D eigenvalue weighted by molar-refractivity contribution is -0.138. The van der Waals surface area contributed by atoms with E-state index in [0.717, 1.165) is 5.56 Å². The van der Waals surface area contributed by atoms with Gasteiger partial charge in [0.25, 0.3) is 5.91 Å². The molecule has 4 nitrogen and oxygen atoms in total. The van der Waals surface area contributed by atoms with Crippen molar-refractivity contribution in [2.24, 2.45) is 5.92 Å². The topological polar surface area (TPSA) is 57.6 Å². The molecule has 2 rings (SSSR count). The van der Waals surface area contributed by atoms with Crippen LogP contribution in [0, 0.1) is 18.7 Å². The van der Waals surface area contributed by atoms with Crippen molar-refractivity contribution in [3.63, 3.8) is 0 Å². The van der Waals surface area contributed by atoms with Crippen LogP contribution in [-0.4, -0.2) is 35.0 Å². The highest BCUT2D eigenvalue weighted by Gasteiger charge is 2.29. The lowest BCUT2D eigenvalue weighted by Gasteiger charge is -2.17. The van der Waals surface area contributed by atoms with Crippen LogP contribution in [0.4, 0.5) is 4.39 Å². The first-order valence-electron chi connectivity index (χ1n) is 6.24. The molecule has 5 heteroatoms. The third kappa shape index (κ3) is 3.10. The zero-order chi connectivity index (χ0) is 14.0. The van der Waals surface area contributed by atoms with Gasteiger partial charge in [0.05, 0.1) is 5.56 Å². The highest BCUT2D eigenvalue weighted by molar-refractivity contribution is 5.94. The number of carbonyl (C=O) groups excluding carboxylic acids is 1. The van der Waals surface area contributed by atoms with E-state index in [0.29, 0.717) is 19.5 Å². The van der Waals surface area contributed by atoms with E-state index >= 15 is 0 Å². The van der Waals surface area contributed by atoms with Crippen LogP contribution in [0.15, 0.2) is 18.2 Å². The number of hydrogen-bond acceptors (Lipinski definition) is 2. The summed E-state index contributed by atoms with van der Waals surface area (Å²) in [6.45, 7) is 2.68. The van der Waals surface area contributed by atoms with Gasteiger partial charge in [0.15, 0.2) is 0 Å². The second-order valence-corrected chi connectivity index (χ2v) is 4.99. The largest absolute Gasteiger partial charge is 0.481 e. The van der Waals surface area contributed by atoms with Crippen molar-refractivity contribution in [1.29, 1.82) is 0 Å². The first kappa shape index (κ1) is 13.5. The third-order valence-electron chi connectivity index (χ3n) is 3.39. The number of nitrogens with zero attached hydrogens (tertiary/aromatic N) is 1. The molecule has 102 valence electrons. The van der Waals surface area contributed by atoms with E-state index in [1.54, 1.807) is 13.0 Å². The van der Waals surface area contributed by atoms with Gasteiger partial charge < -0.3 is 10.0 Å². The van der Waals surface area contributed by atoms with Crippen molar-refractivity contribution in [2.75, 3.05) is 13.1 Å². The summed E-state index contributed by atoms with van der Waals surface area (Å²) in [6.07, 6.45) is 0.714. The van der Waals surface area contributed by atoms with Gasteiger partial charge in [0.2, 0.25) is 0 Å². The normalized spacial score (nSPS) is 18.6. The molecular weight excluding hydrogens is 249 g/mol. The predicted octanol–water partition coefficient (Wildman–Crippen LogP) is 2.07. The van der Waals surface area contributed by atoms with Crippen LogP contribution in [-0.2, 0) is 4.79 Å². The van der Waals surface area contributed by atoms with E-state index in [4.69, 9.17) is 5.11 Å². The Hall–Kier alpha value is -1.91. The molecule has 1 unspecified atom stereocenters. The first-order valence-corrected chi connectivity index (χ1v) is 6.24. The van der Waals surface area contributed by atoms with Gasteiger partial charge in [-0.1, -0.05) is 11.6 Å². The molecule has 1 aromatic carbocycles. The number of rotatable bonds is 3. The van der Waals surface area contributed by atoms with Gasteiger partial charge in [0.1, 0.15) is 5.82 Å². The molecule has 0 spiro atoms. The molecule has 1 heterocycles. The molecule has 1 amide bonds. The van der Waals surface area contributed by atoms with E-state index in [-0.39, 0.29) is 23.8 Å². The number of carbonyl (C=O) groups is 2. The molecule has 1 aromatic rings. The van der Waals surface area contributed by atoms with Crippen LogP contribution >= 0.6 is 0 Å². The van der Waals surface area contributed by atoms with E-state index < -0.39 is 11.8 Å². The maximum atomic E-state index is 13.6. The van der Waals surface area contributed by atoms with Gasteiger partial charge in [-0.15, -0.1) is 0 Å². The molecule has 0 aromatic heterocycles. The van der Waals surface area contributed by atoms with E-state index in [9.17, 15) is 14.0 Å². The van der Waals surface area contributed by atoms with Gasteiger partial charge in [0, 0.05) is 19.5 Å². The van der Waals surface area contributed by atoms with Gasteiger partial charge in [-0.2, -0.15) is 0 Å². The molecule has 0 bridgehead atoms. The standard InChI is InChI=1S/C14H16FNO3/c1-9-2-3-12(15)11(6-9)14(19)16-5-4-10(8-16)7-13(17)18/h2-3,6,10H,4-5,7-8H2,1H3,(H,17,18). The van der Waals surface area contributed by atoms with Gasteiger partial charge >= 0.3 is 5.97 Å². The Morgan fingerprint density at radius 3 is 2.89 bits per heavy atom. The highest BCUT2D eigenvalue weighted by atomic mass is 19.1. The maximum Gasteiger partial charge on any atom is 0.303 e. The Morgan fingerprint density at radius 1 is 1.47 bits per heavy atom. The summed E-state index contributed by atoms with van der Waals surface area (Å²) in [6, 6.07) is 4.43. The molecule has 1 N–H and O–H groups in total. The minimum absolute atomic E-state index is 0.0330. The molecule has 1 atom stereocenters. The summed E-state index contributed by atoms with van der Waals surface area (Å²) in [5.41, 5.74) is 0.891. The molecule has 1 aliphatic heterocycles. The monoisotopic (exact) mass is 265 g/mol. The van der Waals surface area contributed by atoms with Crippen LogP contribution in [0.3, 0.4) is 0 Å². The Labute approximate surface area is 110 Å². The van der Waals surface area contributed by atoms with Crippen LogP contribution < -0.4 is 0 Å². The lowest BCUT2D eigenvalue weighted by Crippen LogP contribution is -2.29. The van der Waals surface area contributed by atoms with Crippen LogP contribution in [0.1, 0.15) is 28.8 Å². The second-order valence-electron chi connectivity index (χ2n) is 4.99. The Bertz CT molecular complexity index is 515. The molecule has 0 saturated carbocycles. The third-order valence-corrected chi connectivity index (χ3v) is 3.39. The summed E-state index contributed by atoms with van der Waals surface area (Å²) in [5.74, 6) is -1.78. The Balaban J connectivity index is 2.09. The number of aryl methyl sites for hydroxylation is 1. The molecule has 1 saturated heterocycles. The maximum absolute atomic E-state index is 13.6. The predicted molar refractivity (Wildman–Crippen MR) is 67.4 cm³/mol. The number of benzene rings is 1. The SMILES string of the molecule is Cc1ccc(F)c(C(=O)N2CCC(CC(=O)O)C2)c1. The summed E-state index contributed by atoms with van der Waals surface area (Å²) in [5, 5.41) is 8.73. The van der Waals surface area contributed by atoms with Crippen LogP contribution in [0.2, 0.25) is 0 Å². The van der Waals surface area contributed by atoms with E-state index in [2.05, 4.69) is 0 Å².